The van der Waals surface area contributed by atoms with Crippen LogP contribution in [-0.4, -0.2) is 66.9 Å². The fourth-order valence-corrected chi connectivity index (χ4v) is 3.93. The molecule has 29 heavy (non-hydrogen) atoms. The van der Waals surface area contributed by atoms with Gasteiger partial charge in [-0.05, 0) is 30.7 Å². The van der Waals surface area contributed by atoms with Crippen molar-refractivity contribution >= 4 is 5.91 Å². The van der Waals surface area contributed by atoms with Crippen molar-refractivity contribution in [2.75, 3.05) is 40.5 Å². The zero-order valence-corrected chi connectivity index (χ0v) is 17.1. The van der Waals surface area contributed by atoms with Crippen molar-refractivity contribution in [3.63, 3.8) is 0 Å². The van der Waals surface area contributed by atoms with Gasteiger partial charge in [-0.3, -0.25) is 9.48 Å². The number of carbonyl (C=O) groups excluding carboxylic acids is 1. The van der Waals surface area contributed by atoms with Crippen molar-refractivity contribution in [3.8, 4) is 22.8 Å². The average molecular weight is 401 g/mol. The minimum absolute atomic E-state index is 0.0428. The molecule has 0 radical (unpaired) electrons. The van der Waals surface area contributed by atoms with E-state index >= 15 is 0 Å². The Hall–Kier alpha value is -2.58. The summed E-state index contributed by atoms with van der Waals surface area (Å²) in [4.78, 5) is 15.0. The Morgan fingerprint density at radius 3 is 2.48 bits per heavy atom. The standard InChI is InChI=1S/C21H27N3O5/c1-23-18(14-17(22-23)16-13-15(26-2)5-6-19(16)27-3)20(25)24-9-7-21(8-10-24)28-11-4-12-29-21/h5-6,13-14H,4,7-12H2,1-3H3. The molecular formula is C21H27N3O5. The molecule has 2 aliphatic heterocycles. The Labute approximate surface area is 170 Å². The van der Waals surface area contributed by atoms with Crippen molar-refractivity contribution < 1.29 is 23.7 Å². The first-order valence-corrected chi connectivity index (χ1v) is 9.89. The number of methoxy groups -OCH3 is 2. The summed E-state index contributed by atoms with van der Waals surface area (Å²) in [6.45, 7) is 2.65. The number of piperidine rings is 1. The highest BCUT2D eigenvalue weighted by Gasteiger charge is 2.40. The van der Waals surface area contributed by atoms with E-state index in [9.17, 15) is 4.79 Å². The molecule has 2 aliphatic rings. The summed E-state index contributed by atoms with van der Waals surface area (Å²) in [6, 6.07) is 7.32. The largest absolute Gasteiger partial charge is 0.497 e. The molecule has 8 heteroatoms. The Morgan fingerprint density at radius 2 is 1.83 bits per heavy atom. The number of benzene rings is 1. The second-order valence-electron chi connectivity index (χ2n) is 7.36. The van der Waals surface area contributed by atoms with Gasteiger partial charge in [0.1, 0.15) is 17.2 Å². The van der Waals surface area contributed by atoms with Crippen LogP contribution in [0.15, 0.2) is 24.3 Å². The molecule has 2 fully saturated rings. The number of rotatable bonds is 4. The molecule has 2 saturated heterocycles. The maximum Gasteiger partial charge on any atom is 0.272 e. The molecule has 4 rings (SSSR count). The Kier molecular flexibility index (Phi) is 5.47. The Bertz CT molecular complexity index is 878. The summed E-state index contributed by atoms with van der Waals surface area (Å²) in [5, 5.41) is 4.55. The first kappa shape index (κ1) is 19.7. The maximum absolute atomic E-state index is 13.1. The summed E-state index contributed by atoms with van der Waals surface area (Å²) < 4.78 is 24.1. The van der Waals surface area contributed by atoms with E-state index in [1.807, 2.05) is 23.1 Å². The van der Waals surface area contributed by atoms with Gasteiger partial charge in [0.2, 0.25) is 0 Å². The molecule has 0 aliphatic carbocycles. The zero-order chi connectivity index (χ0) is 20.4. The molecule has 1 aromatic carbocycles. The first-order chi connectivity index (χ1) is 14.0. The van der Waals surface area contributed by atoms with E-state index in [4.69, 9.17) is 18.9 Å². The monoisotopic (exact) mass is 401 g/mol. The molecule has 0 saturated carbocycles. The lowest BCUT2D eigenvalue weighted by Crippen LogP contribution is -2.51. The highest BCUT2D eigenvalue weighted by Crippen LogP contribution is 2.34. The van der Waals surface area contributed by atoms with Crippen molar-refractivity contribution in [2.45, 2.75) is 25.0 Å². The third-order valence-electron chi connectivity index (χ3n) is 5.61. The molecule has 0 atom stereocenters. The zero-order valence-electron chi connectivity index (χ0n) is 17.1. The molecule has 0 bridgehead atoms. The van der Waals surface area contributed by atoms with Crippen LogP contribution in [0.1, 0.15) is 29.8 Å². The second-order valence-corrected chi connectivity index (χ2v) is 7.36. The fraction of sp³-hybridized carbons (Fsp3) is 0.524. The molecule has 1 spiro atoms. The number of hydrogen-bond donors (Lipinski definition) is 0. The van der Waals surface area contributed by atoms with Gasteiger partial charge < -0.3 is 23.8 Å². The van der Waals surface area contributed by atoms with Gasteiger partial charge in [0.25, 0.3) is 5.91 Å². The van der Waals surface area contributed by atoms with Gasteiger partial charge in [0, 0.05) is 38.5 Å². The molecular weight excluding hydrogens is 374 g/mol. The number of carbonyl (C=O) groups is 1. The Balaban J connectivity index is 1.53. The third-order valence-corrected chi connectivity index (χ3v) is 5.61. The predicted octanol–water partition coefficient (Wildman–Crippen LogP) is 2.47. The average Bonchev–Trinajstić information content (AvgIpc) is 3.15. The van der Waals surface area contributed by atoms with Gasteiger partial charge in [-0.15, -0.1) is 0 Å². The molecule has 1 amide bonds. The maximum atomic E-state index is 13.1. The lowest BCUT2D eigenvalue weighted by Gasteiger charge is -2.43. The van der Waals surface area contributed by atoms with Gasteiger partial charge in [0.05, 0.1) is 33.1 Å². The van der Waals surface area contributed by atoms with Crippen LogP contribution in [0.4, 0.5) is 0 Å². The highest BCUT2D eigenvalue weighted by molar-refractivity contribution is 5.94. The minimum atomic E-state index is -0.513. The highest BCUT2D eigenvalue weighted by atomic mass is 16.7. The molecule has 1 aromatic heterocycles. The van der Waals surface area contributed by atoms with Crippen LogP contribution in [0.5, 0.6) is 11.5 Å². The van der Waals surface area contributed by atoms with E-state index < -0.39 is 5.79 Å². The third kappa shape index (κ3) is 3.82. The topological polar surface area (TPSA) is 75.1 Å². The van der Waals surface area contributed by atoms with Crippen molar-refractivity contribution in [1.29, 1.82) is 0 Å². The molecule has 0 N–H and O–H groups in total. The van der Waals surface area contributed by atoms with E-state index in [1.165, 1.54) is 0 Å². The lowest BCUT2D eigenvalue weighted by molar-refractivity contribution is -0.281. The fourth-order valence-electron chi connectivity index (χ4n) is 3.93. The first-order valence-electron chi connectivity index (χ1n) is 9.89. The molecule has 0 unspecified atom stereocenters. The molecule has 8 nitrogen and oxygen atoms in total. The molecule has 2 aromatic rings. The van der Waals surface area contributed by atoms with Crippen LogP contribution >= 0.6 is 0 Å². The summed E-state index contributed by atoms with van der Waals surface area (Å²) >= 11 is 0. The van der Waals surface area contributed by atoms with Crippen LogP contribution in [0, 0.1) is 0 Å². The molecule has 3 heterocycles. The van der Waals surface area contributed by atoms with Gasteiger partial charge in [-0.25, -0.2) is 0 Å². The SMILES string of the molecule is COc1ccc(OC)c(-c2cc(C(=O)N3CCC4(CC3)OCCCO4)n(C)n2)c1. The van der Waals surface area contributed by atoms with E-state index in [2.05, 4.69) is 5.10 Å². The summed E-state index contributed by atoms with van der Waals surface area (Å²) in [5.74, 6) is 0.821. The van der Waals surface area contributed by atoms with Gasteiger partial charge >= 0.3 is 0 Å². The summed E-state index contributed by atoms with van der Waals surface area (Å²) in [5.41, 5.74) is 1.98. The predicted molar refractivity (Wildman–Crippen MR) is 106 cm³/mol. The van der Waals surface area contributed by atoms with Crippen molar-refractivity contribution in [1.82, 2.24) is 14.7 Å². The van der Waals surface area contributed by atoms with Gasteiger partial charge in [-0.2, -0.15) is 5.10 Å². The number of nitrogens with zero attached hydrogens (tertiary/aromatic N) is 3. The van der Waals surface area contributed by atoms with Crippen molar-refractivity contribution in [3.05, 3.63) is 30.0 Å². The van der Waals surface area contributed by atoms with Crippen LogP contribution in [-0.2, 0) is 16.5 Å². The quantitative estimate of drug-likeness (QED) is 0.784. The van der Waals surface area contributed by atoms with E-state index in [1.54, 1.807) is 32.0 Å². The number of ether oxygens (including phenoxy) is 4. The summed E-state index contributed by atoms with van der Waals surface area (Å²) in [7, 11) is 5.00. The van der Waals surface area contributed by atoms with Crippen LogP contribution in [0.25, 0.3) is 11.3 Å². The number of likely N-dealkylation sites (tertiary alicyclic amines) is 1. The minimum Gasteiger partial charge on any atom is -0.497 e. The smallest absolute Gasteiger partial charge is 0.272 e. The van der Waals surface area contributed by atoms with Crippen molar-refractivity contribution in [2.24, 2.45) is 7.05 Å². The van der Waals surface area contributed by atoms with Gasteiger partial charge in [0.15, 0.2) is 5.79 Å². The lowest BCUT2D eigenvalue weighted by atomic mass is 10.0. The van der Waals surface area contributed by atoms with Crippen LogP contribution in [0.3, 0.4) is 0 Å². The van der Waals surface area contributed by atoms with Crippen LogP contribution in [0.2, 0.25) is 0 Å². The summed E-state index contributed by atoms with van der Waals surface area (Å²) in [6.07, 6.45) is 2.30. The number of hydrogen-bond acceptors (Lipinski definition) is 6. The number of aromatic nitrogens is 2. The van der Waals surface area contributed by atoms with Crippen LogP contribution < -0.4 is 9.47 Å². The van der Waals surface area contributed by atoms with E-state index in [0.29, 0.717) is 48.8 Å². The second kappa shape index (κ2) is 8.04. The normalized spacial score (nSPS) is 18.7. The number of aryl methyl sites for hydroxylation is 1. The molecule has 156 valence electrons. The van der Waals surface area contributed by atoms with E-state index in [0.717, 1.165) is 25.2 Å². The number of amides is 1. The van der Waals surface area contributed by atoms with Gasteiger partial charge in [-0.1, -0.05) is 0 Å². The van der Waals surface area contributed by atoms with E-state index in [-0.39, 0.29) is 5.91 Å². The Morgan fingerprint density at radius 1 is 1.10 bits per heavy atom.